The van der Waals surface area contributed by atoms with Crippen molar-refractivity contribution in [2.75, 3.05) is 46.2 Å². The van der Waals surface area contributed by atoms with Crippen LogP contribution in [0.2, 0.25) is 0 Å². The molecule has 0 spiro atoms. The summed E-state index contributed by atoms with van der Waals surface area (Å²) >= 11 is 0. The summed E-state index contributed by atoms with van der Waals surface area (Å²) in [5, 5.41) is 18.4. The summed E-state index contributed by atoms with van der Waals surface area (Å²) in [6.45, 7) is 12.3. The van der Waals surface area contributed by atoms with Crippen molar-refractivity contribution in [1.82, 2.24) is 30.4 Å². The number of ether oxygens (including phenoxy) is 2. The molecule has 0 radical (unpaired) electrons. The van der Waals surface area contributed by atoms with Crippen LogP contribution in [0, 0.1) is 24.7 Å². The number of hydrogen-bond donors (Lipinski definition) is 5. The maximum Gasteiger partial charge on any atom is 0.326 e. The summed E-state index contributed by atoms with van der Waals surface area (Å²) in [5.41, 5.74) is 7.01. The molecular formula is C41H64N8O8. The molecule has 1 aromatic heterocycles. The minimum absolute atomic E-state index is 0.0309. The van der Waals surface area contributed by atoms with Gasteiger partial charge in [0.2, 0.25) is 23.7 Å². The van der Waals surface area contributed by atoms with Gasteiger partial charge in [0.25, 0.3) is 5.91 Å². The highest BCUT2D eigenvalue weighted by atomic mass is 16.5. The zero-order valence-corrected chi connectivity index (χ0v) is 35.0. The largest absolute Gasteiger partial charge is 0.480 e. The molecule has 1 aliphatic heterocycles. The van der Waals surface area contributed by atoms with Crippen LogP contribution in [0.25, 0.3) is 0 Å². The number of nitrogens with one attached hydrogen (secondary N) is 3. The maximum atomic E-state index is 14.4. The van der Waals surface area contributed by atoms with E-state index in [9.17, 15) is 29.1 Å². The first-order chi connectivity index (χ1) is 27.1. The number of carbonyl (C=O) groups excluding carboxylic acids is 4. The van der Waals surface area contributed by atoms with Crippen molar-refractivity contribution in [2.45, 2.75) is 110 Å². The summed E-state index contributed by atoms with van der Waals surface area (Å²) < 4.78 is 11.9. The fraction of sp³-hybridized carbons (Fsp3) is 0.634. The van der Waals surface area contributed by atoms with E-state index in [1.807, 2.05) is 58.0 Å². The summed E-state index contributed by atoms with van der Waals surface area (Å²) in [5.74, 6) is -3.39. The molecule has 3 rings (SSSR count). The molecule has 0 bridgehead atoms. The van der Waals surface area contributed by atoms with Crippen LogP contribution in [0.5, 0.6) is 0 Å². The fourth-order valence-corrected chi connectivity index (χ4v) is 7.56. The van der Waals surface area contributed by atoms with Crippen LogP contribution >= 0.6 is 0 Å². The Kier molecular flexibility index (Phi) is 18.3. The molecule has 2 heterocycles. The predicted molar refractivity (Wildman–Crippen MR) is 216 cm³/mol. The van der Waals surface area contributed by atoms with Crippen molar-refractivity contribution in [2.24, 2.45) is 23.5 Å². The number of aromatic nitrogens is 2. The van der Waals surface area contributed by atoms with Gasteiger partial charge in [-0.15, -0.1) is 0 Å². The number of aliphatic carboxylic acids is 1. The van der Waals surface area contributed by atoms with E-state index < -0.39 is 60.1 Å². The van der Waals surface area contributed by atoms with Crippen molar-refractivity contribution in [3.63, 3.8) is 0 Å². The number of nitrogens with two attached hydrogens (primary N) is 1. The molecule has 2 aromatic rings. The summed E-state index contributed by atoms with van der Waals surface area (Å²) in [7, 11) is 4.73. The maximum absolute atomic E-state index is 14.4. The lowest BCUT2D eigenvalue weighted by Crippen LogP contribution is -2.56. The molecule has 1 fully saturated rings. The van der Waals surface area contributed by atoms with E-state index in [1.165, 1.54) is 14.2 Å². The van der Waals surface area contributed by atoms with E-state index in [4.69, 9.17) is 15.2 Å². The molecule has 1 aromatic carbocycles. The lowest BCUT2D eigenvalue weighted by Gasteiger charge is -2.40. The SMILES string of the molecule is CC[C@H](C)[C@@H]([C@@H](CC(=O)N1CCC[C@H]1[C@H](OC)[C@@H](C)C(=O)NC(Cc1ccccc1)C(=O)O)OC)N(C)C(=O)[C@@H](Nc1nc(C)cc(C(=O)NCCN)n1)C(C)C. The highest BCUT2D eigenvalue weighted by Gasteiger charge is 2.43. The van der Waals surface area contributed by atoms with Crippen LogP contribution in [-0.4, -0.2) is 132 Å². The Bertz CT molecular complexity index is 1650. The van der Waals surface area contributed by atoms with Gasteiger partial charge in [-0.1, -0.05) is 71.4 Å². The van der Waals surface area contributed by atoms with Crippen molar-refractivity contribution < 1.29 is 38.6 Å². The number of amides is 4. The second-order valence-corrected chi connectivity index (χ2v) is 15.3. The van der Waals surface area contributed by atoms with Crippen LogP contribution in [0.15, 0.2) is 36.4 Å². The third-order valence-corrected chi connectivity index (χ3v) is 10.9. The Balaban J connectivity index is 1.79. The van der Waals surface area contributed by atoms with Gasteiger partial charge in [-0.3, -0.25) is 19.2 Å². The van der Waals surface area contributed by atoms with Gasteiger partial charge in [0.05, 0.1) is 36.6 Å². The smallest absolute Gasteiger partial charge is 0.326 e. The van der Waals surface area contributed by atoms with Crippen molar-refractivity contribution in [3.8, 4) is 0 Å². The number of methoxy groups -OCH3 is 2. The van der Waals surface area contributed by atoms with E-state index in [-0.39, 0.29) is 61.2 Å². The third-order valence-electron chi connectivity index (χ3n) is 10.9. The average molecular weight is 797 g/mol. The Morgan fingerprint density at radius 1 is 1.05 bits per heavy atom. The van der Waals surface area contributed by atoms with Gasteiger partial charge in [0.15, 0.2) is 0 Å². The molecule has 0 saturated carbocycles. The zero-order chi connectivity index (χ0) is 42.4. The lowest BCUT2D eigenvalue weighted by molar-refractivity contribution is -0.147. The molecule has 6 N–H and O–H groups in total. The van der Waals surface area contributed by atoms with Crippen LogP contribution in [0.4, 0.5) is 5.95 Å². The van der Waals surface area contributed by atoms with Crippen LogP contribution in [0.3, 0.4) is 0 Å². The summed E-state index contributed by atoms with van der Waals surface area (Å²) in [6.07, 6.45) is 0.697. The number of rotatable bonds is 22. The first kappa shape index (κ1) is 46.7. The first-order valence-corrected chi connectivity index (χ1v) is 19.9. The van der Waals surface area contributed by atoms with E-state index in [1.54, 1.807) is 36.8 Å². The number of nitrogens with zero attached hydrogens (tertiary/aromatic N) is 4. The highest BCUT2D eigenvalue weighted by Crippen LogP contribution is 2.30. The third kappa shape index (κ3) is 12.7. The molecule has 16 nitrogen and oxygen atoms in total. The number of carboxylic acid groups (broad SMARTS) is 1. The number of aryl methyl sites for hydroxylation is 1. The number of anilines is 1. The average Bonchev–Trinajstić information content (AvgIpc) is 3.67. The lowest BCUT2D eigenvalue weighted by atomic mass is 9.89. The van der Waals surface area contributed by atoms with Gasteiger partial charge in [0, 0.05) is 53.0 Å². The first-order valence-electron chi connectivity index (χ1n) is 19.9. The fourth-order valence-electron chi connectivity index (χ4n) is 7.56. The van der Waals surface area contributed by atoms with Crippen LogP contribution < -0.4 is 21.7 Å². The zero-order valence-electron chi connectivity index (χ0n) is 35.0. The minimum Gasteiger partial charge on any atom is -0.480 e. The molecular weight excluding hydrogens is 732 g/mol. The summed E-state index contributed by atoms with van der Waals surface area (Å²) in [4.78, 5) is 79.1. The minimum atomic E-state index is -1.15. The Hall–Kier alpha value is -4.67. The van der Waals surface area contributed by atoms with E-state index in [2.05, 4.69) is 25.9 Å². The Morgan fingerprint density at radius 2 is 1.74 bits per heavy atom. The van der Waals surface area contributed by atoms with E-state index >= 15 is 0 Å². The number of carboxylic acids is 1. The van der Waals surface area contributed by atoms with E-state index in [0.717, 1.165) is 5.56 Å². The molecule has 8 atom stereocenters. The number of likely N-dealkylation sites (N-methyl/N-ethyl adjacent to an activating group) is 1. The quantitative estimate of drug-likeness (QED) is 0.116. The van der Waals surface area contributed by atoms with Gasteiger partial charge in [-0.05, 0) is 43.2 Å². The van der Waals surface area contributed by atoms with Gasteiger partial charge in [-0.2, -0.15) is 0 Å². The number of benzene rings is 1. The molecule has 1 unspecified atom stereocenters. The molecule has 1 saturated heterocycles. The highest BCUT2D eigenvalue weighted by molar-refractivity contribution is 5.93. The van der Waals surface area contributed by atoms with Crippen molar-refractivity contribution in [3.05, 3.63) is 53.3 Å². The number of likely N-dealkylation sites (tertiary alicyclic amines) is 1. The van der Waals surface area contributed by atoms with Gasteiger partial charge in [-0.25, -0.2) is 14.8 Å². The van der Waals surface area contributed by atoms with Crippen LogP contribution in [0.1, 0.15) is 82.0 Å². The topological polar surface area (TPSA) is 218 Å². The van der Waals surface area contributed by atoms with E-state index in [0.29, 0.717) is 31.5 Å². The van der Waals surface area contributed by atoms with Crippen molar-refractivity contribution in [1.29, 1.82) is 0 Å². The second kappa shape index (κ2) is 22.3. The Labute approximate surface area is 337 Å². The number of hydrogen-bond acceptors (Lipinski definition) is 11. The van der Waals surface area contributed by atoms with Gasteiger partial charge < -0.3 is 46.1 Å². The van der Waals surface area contributed by atoms with Gasteiger partial charge >= 0.3 is 5.97 Å². The van der Waals surface area contributed by atoms with Crippen molar-refractivity contribution >= 4 is 35.5 Å². The van der Waals surface area contributed by atoms with Crippen LogP contribution in [-0.2, 0) is 35.1 Å². The normalized spacial score (nSPS) is 17.8. The number of carbonyl (C=O) groups is 5. The Morgan fingerprint density at radius 3 is 2.32 bits per heavy atom. The predicted octanol–water partition coefficient (Wildman–Crippen LogP) is 2.64. The molecule has 57 heavy (non-hydrogen) atoms. The second-order valence-electron chi connectivity index (χ2n) is 15.3. The standard InChI is InChI=1S/C41H64N8O8/c1-10-25(4)35(48(7)39(53)34(24(2)3)47-41-44-26(5)21-29(46-41)38(52)43-19-18-42)32(56-8)23-33(50)49-20-14-17-31(49)36(57-9)27(6)37(51)45-30(40(54)55)22-28-15-12-11-13-16-28/h11-13,15-16,21,24-25,27,30-32,34-36H,10,14,17-20,22-23,42H2,1-9H3,(H,43,52)(H,45,51)(H,54,55)(H,44,46,47)/t25-,27+,30?,31-,32+,34-,35-,36+/m0/s1. The van der Waals surface area contributed by atoms with Gasteiger partial charge in [0.1, 0.15) is 17.8 Å². The molecule has 1 aliphatic rings. The molecule has 0 aliphatic carbocycles. The summed E-state index contributed by atoms with van der Waals surface area (Å²) in [6, 6.07) is 7.78. The molecule has 16 heteroatoms. The molecule has 316 valence electrons. The molecule has 4 amide bonds. The monoisotopic (exact) mass is 796 g/mol.